The lowest BCUT2D eigenvalue weighted by atomic mass is 10.1. The van der Waals surface area contributed by atoms with Gasteiger partial charge in [0.05, 0.1) is 22.9 Å². The summed E-state index contributed by atoms with van der Waals surface area (Å²) >= 11 is 13.5. The van der Waals surface area contributed by atoms with Crippen molar-refractivity contribution in [2.45, 2.75) is 32.2 Å². The van der Waals surface area contributed by atoms with Crippen LogP contribution in [0.1, 0.15) is 25.0 Å². The van der Waals surface area contributed by atoms with E-state index >= 15 is 0 Å². The Labute approximate surface area is 192 Å². The van der Waals surface area contributed by atoms with E-state index in [2.05, 4.69) is 5.32 Å². The molecule has 2 aromatic rings. The van der Waals surface area contributed by atoms with Crippen LogP contribution in [0, 0.1) is 0 Å². The van der Waals surface area contributed by atoms with Crippen LogP contribution in [0.3, 0.4) is 0 Å². The highest BCUT2D eigenvalue weighted by molar-refractivity contribution is 7.99. The van der Waals surface area contributed by atoms with E-state index in [-0.39, 0.29) is 17.6 Å². The van der Waals surface area contributed by atoms with E-state index in [0.717, 1.165) is 16.9 Å². The Hall–Kier alpha value is -1.89. The number of thioether (sulfide) groups is 1. The maximum Gasteiger partial charge on any atom is 0.242 e. The molecular weight excluding hydrogens is 443 g/mol. The van der Waals surface area contributed by atoms with Gasteiger partial charge in [-0.15, -0.1) is 11.8 Å². The second-order valence-electron chi connectivity index (χ2n) is 6.68. The van der Waals surface area contributed by atoms with Gasteiger partial charge in [-0.2, -0.15) is 0 Å². The lowest BCUT2D eigenvalue weighted by Crippen LogP contribution is -2.48. The van der Waals surface area contributed by atoms with Gasteiger partial charge in [0.1, 0.15) is 11.8 Å². The van der Waals surface area contributed by atoms with Gasteiger partial charge in [-0.3, -0.25) is 9.59 Å². The molecular formula is C22H26Cl2N2O3S. The number of halogens is 2. The molecule has 5 nitrogen and oxygen atoms in total. The number of likely N-dealkylation sites (N-methyl/N-ethyl adjacent to an activating group) is 1. The van der Waals surface area contributed by atoms with Crippen molar-refractivity contribution < 1.29 is 14.3 Å². The molecule has 0 saturated carbocycles. The van der Waals surface area contributed by atoms with Gasteiger partial charge < -0.3 is 15.0 Å². The monoisotopic (exact) mass is 468 g/mol. The minimum atomic E-state index is -0.579. The number of ether oxygens (including phenoxy) is 1. The van der Waals surface area contributed by atoms with Crippen LogP contribution in [-0.2, 0) is 21.9 Å². The molecule has 0 bridgehead atoms. The van der Waals surface area contributed by atoms with E-state index in [1.54, 1.807) is 31.1 Å². The first-order valence-electron chi connectivity index (χ1n) is 9.57. The summed E-state index contributed by atoms with van der Waals surface area (Å²) in [7, 11) is 1.60. The lowest BCUT2D eigenvalue weighted by molar-refractivity contribution is -0.138. The summed E-state index contributed by atoms with van der Waals surface area (Å²) in [4.78, 5) is 27.0. The zero-order chi connectivity index (χ0) is 22.1. The maximum absolute atomic E-state index is 13.0. The van der Waals surface area contributed by atoms with Crippen molar-refractivity contribution in [3.63, 3.8) is 0 Å². The zero-order valence-corrected chi connectivity index (χ0v) is 19.6. The lowest BCUT2D eigenvalue weighted by Gasteiger charge is -2.28. The van der Waals surface area contributed by atoms with Crippen LogP contribution in [0.2, 0.25) is 10.0 Å². The van der Waals surface area contributed by atoms with E-state index in [1.807, 2.05) is 37.3 Å². The molecule has 8 heteroatoms. The van der Waals surface area contributed by atoms with Gasteiger partial charge in [0, 0.05) is 18.8 Å². The highest BCUT2D eigenvalue weighted by atomic mass is 35.5. The topological polar surface area (TPSA) is 58.6 Å². The summed E-state index contributed by atoms with van der Waals surface area (Å²) in [6, 6.07) is 12.3. The van der Waals surface area contributed by atoms with E-state index in [9.17, 15) is 9.59 Å². The highest BCUT2D eigenvalue weighted by Gasteiger charge is 2.25. The minimum absolute atomic E-state index is 0.102. The van der Waals surface area contributed by atoms with Crippen molar-refractivity contribution in [1.29, 1.82) is 0 Å². The summed E-state index contributed by atoms with van der Waals surface area (Å²) in [5, 5.41) is 3.79. The molecule has 0 heterocycles. The van der Waals surface area contributed by atoms with Crippen molar-refractivity contribution in [2.75, 3.05) is 19.4 Å². The summed E-state index contributed by atoms with van der Waals surface area (Å²) < 4.78 is 5.18. The molecule has 2 aromatic carbocycles. The molecule has 1 unspecified atom stereocenters. The first-order chi connectivity index (χ1) is 14.3. The number of nitrogens with one attached hydrogen (secondary N) is 1. The standard InChI is InChI=1S/C22H26Cl2N2O3S/c1-4-25-22(28)15(2)26(12-16-5-8-18(29-3)9-6-16)21(27)14-30-13-17-7-10-19(23)20(24)11-17/h5-11,15H,4,12-14H2,1-3H3,(H,25,28). The normalized spacial score (nSPS) is 11.6. The molecule has 0 aliphatic rings. The number of methoxy groups -OCH3 is 1. The van der Waals surface area contributed by atoms with Crippen molar-refractivity contribution in [3.8, 4) is 5.75 Å². The van der Waals surface area contributed by atoms with E-state index in [1.165, 1.54) is 11.8 Å². The van der Waals surface area contributed by atoms with Crippen LogP contribution < -0.4 is 10.1 Å². The third kappa shape index (κ3) is 7.11. The number of carbonyl (C=O) groups is 2. The van der Waals surface area contributed by atoms with Gasteiger partial charge in [-0.1, -0.05) is 41.4 Å². The van der Waals surface area contributed by atoms with E-state index in [0.29, 0.717) is 28.9 Å². The van der Waals surface area contributed by atoms with Gasteiger partial charge >= 0.3 is 0 Å². The van der Waals surface area contributed by atoms with Crippen molar-refractivity contribution in [1.82, 2.24) is 10.2 Å². The number of hydrogen-bond acceptors (Lipinski definition) is 4. The largest absolute Gasteiger partial charge is 0.497 e. The SMILES string of the molecule is CCNC(=O)C(C)N(Cc1ccc(OC)cc1)C(=O)CSCc1ccc(Cl)c(Cl)c1. The smallest absolute Gasteiger partial charge is 0.242 e. The third-order valence-electron chi connectivity index (χ3n) is 4.51. The predicted octanol–water partition coefficient (Wildman–Crippen LogP) is 4.79. The van der Waals surface area contributed by atoms with E-state index in [4.69, 9.17) is 27.9 Å². The van der Waals surface area contributed by atoms with Crippen LogP contribution in [0.15, 0.2) is 42.5 Å². The molecule has 30 heavy (non-hydrogen) atoms. The second-order valence-corrected chi connectivity index (χ2v) is 8.48. The quantitative estimate of drug-likeness (QED) is 0.544. The van der Waals surface area contributed by atoms with Gasteiger partial charge in [-0.25, -0.2) is 0 Å². The molecule has 1 N–H and O–H groups in total. The summed E-state index contributed by atoms with van der Waals surface area (Å²) in [5.74, 6) is 1.34. The Kier molecular flexibility index (Phi) is 9.82. The Morgan fingerprint density at radius 3 is 2.37 bits per heavy atom. The number of nitrogens with zero attached hydrogens (tertiary/aromatic N) is 1. The average molecular weight is 469 g/mol. The molecule has 0 saturated heterocycles. The van der Waals surface area contributed by atoms with Crippen LogP contribution in [0.25, 0.3) is 0 Å². The molecule has 0 aliphatic carbocycles. The van der Waals surface area contributed by atoms with Gasteiger partial charge in [0.25, 0.3) is 0 Å². The molecule has 1 atom stereocenters. The number of hydrogen-bond donors (Lipinski definition) is 1. The third-order valence-corrected chi connectivity index (χ3v) is 6.24. The number of carbonyl (C=O) groups excluding carboxylic acids is 2. The molecule has 2 rings (SSSR count). The minimum Gasteiger partial charge on any atom is -0.497 e. The molecule has 0 spiro atoms. The van der Waals surface area contributed by atoms with Gasteiger partial charge in [0.2, 0.25) is 11.8 Å². The van der Waals surface area contributed by atoms with Crippen LogP contribution >= 0.6 is 35.0 Å². The van der Waals surface area contributed by atoms with Crippen LogP contribution in [-0.4, -0.2) is 42.2 Å². The van der Waals surface area contributed by atoms with E-state index < -0.39 is 6.04 Å². The summed E-state index contributed by atoms with van der Waals surface area (Å²) in [5.41, 5.74) is 1.91. The molecule has 162 valence electrons. The Balaban J connectivity index is 2.06. The number of rotatable bonds is 10. The van der Waals surface area contributed by atoms with Crippen molar-refractivity contribution >= 4 is 46.8 Å². The summed E-state index contributed by atoms with van der Waals surface area (Å²) in [6.07, 6.45) is 0. The highest BCUT2D eigenvalue weighted by Crippen LogP contribution is 2.25. The van der Waals surface area contributed by atoms with Gasteiger partial charge in [0.15, 0.2) is 0 Å². The molecule has 0 radical (unpaired) electrons. The predicted molar refractivity (Wildman–Crippen MR) is 124 cm³/mol. The average Bonchev–Trinajstić information content (AvgIpc) is 2.74. The molecule has 0 fully saturated rings. The Morgan fingerprint density at radius 2 is 1.77 bits per heavy atom. The fraction of sp³-hybridized carbons (Fsp3) is 0.364. The van der Waals surface area contributed by atoms with Crippen molar-refractivity contribution in [2.24, 2.45) is 0 Å². The Bertz CT molecular complexity index is 862. The number of benzene rings is 2. The van der Waals surface area contributed by atoms with Crippen LogP contribution in [0.5, 0.6) is 5.75 Å². The zero-order valence-electron chi connectivity index (χ0n) is 17.3. The Morgan fingerprint density at radius 1 is 1.10 bits per heavy atom. The molecule has 2 amide bonds. The number of amides is 2. The van der Waals surface area contributed by atoms with Gasteiger partial charge in [-0.05, 0) is 49.2 Å². The summed E-state index contributed by atoms with van der Waals surface area (Å²) in [6.45, 7) is 4.46. The second kappa shape index (κ2) is 12.1. The first-order valence-corrected chi connectivity index (χ1v) is 11.5. The fourth-order valence-electron chi connectivity index (χ4n) is 2.80. The molecule has 0 aliphatic heterocycles. The fourth-order valence-corrected chi connectivity index (χ4v) is 3.98. The van der Waals surface area contributed by atoms with Crippen molar-refractivity contribution in [3.05, 3.63) is 63.6 Å². The first kappa shape index (κ1) is 24.4. The molecule has 0 aromatic heterocycles. The maximum atomic E-state index is 13.0. The van der Waals surface area contributed by atoms with Crippen LogP contribution in [0.4, 0.5) is 0 Å².